The van der Waals surface area contributed by atoms with E-state index in [2.05, 4.69) is 0 Å². The third-order valence-corrected chi connectivity index (χ3v) is 0.895. The Morgan fingerprint density at radius 3 is 1.70 bits per heavy atom. The highest BCUT2D eigenvalue weighted by atomic mass is 19.4. The topological polar surface area (TPSA) is 23.8 Å². The molecule has 4 heteroatoms. The monoisotopic (exact) mass is 149 g/mol. The molecule has 1 nitrogen and oxygen atoms in total. The summed E-state index contributed by atoms with van der Waals surface area (Å²) < 4.78 is 35.1. The number of nitrogens with zero attached hydrogens (tertiary/aromatic N) is 1. The molecule has 0 aromatic heterocycles. The summed E-state index contributed by atoms with van der Waals surface area (Å²) in [5.74, 6) is 0. The molecule has 0 rings (SSSR count). The molecule has 0 saturated carbocycles. The van der Waals surface area contributed by atoms with Crippen LogP contribution in [0.1, 0.15) is 13.8 Å². The van der Waals surface area contributed by atoms with Gasteiger partial charge in [0.15, 0.2) is 0 Å². The van der Waals surface area contributed by atoms with Gasteiger partial charge in [-0.05, 0) is 13.8 Å². The largest absolute Gasteiger partial charge is 0.426 e. The molecular formula is C6H6F3N. The van der Waals surface area contributed by atoms with Crippen LogP contribution in [-0.2, 0) is 0 Å². The van der Waals surface area contributed by atoms with E-state index >= 15 is 0 Å². The van der Waals surface area contributed by atoms with Crippen LogP contribution in [0.3, 0.4) is 0 Å². The Labute approximate surface area is 56.8 Å². The van der Waals surface area contributed by atoms with Crippen LogP contribution in [0.2, 0.25) is 0 Å². The van der Waals surface area contributed by atoms with E-state index in [4.69, 9.17) is 5.26 Å². The quantitative estimate of drug-likeness (QED) is 0.485. The van der Waals surface area contributed by atoms with Crippen molar-refractivity contribution < 1.29 is 13.2 Å². The molecule has 0 amide bonds. The normalized spacial score (nSPS) is 10.4. The molecule has 0 aromatic rings. The lowest BCUT2D eigenvalue weighted by Gasteiger charge is -2.04. The molecule has 10 heavy (non-hydrogen) atoms. The average Bonchev–Trinajstić information content (AvgIpc) is 1.60. The van der Waals surface area contributed by atoms with Gasteiger partial charge in [-0.1, -0.05) is 5.57 Å². The molecule has 0 atom stereocenters. The zero-order chi connectivity index (χ0) is 8.36. The van der Waals surface area contributed by atoms with E-state index in [1.165, 1.54) is 13.8 Å². The van der Waals surface area contributed by atoms with E-state index < -0.39 is 11.7 Å². The molecule has 0 saturated heterocycles. The summed E-state index contributed by atoms with van der Waals surface area (Å²) in [6.45, 7) is 2.51. The van der Waals surface area contributed by atoms with Crippen molar-refractivity contribution in [3.63, 3.8) is 0 Å². The molecule has 0 N–H and O–H groups in total. The number of allylic oxidation sites excluding steroid dienone is 2. The van der Waals surface area contributed by atoms with Crippen LogP contribution in [0, 0.1) is 11.3 Å². The van der Waals surface area contributed by atoms with Crippen molar-refractivity contribution >= 4 is 0 Å². The molecule has 0 radical (unpaired) electrons. The van der Waals surface area contributed by atoms with Gasteiger partial charge in [0.05, 0.1) is 0 Å². The van der Waals surface area contributed by atoms with Crippen LogP contribution >= 0.6 is 0 Å². The van der Waals surface area contributed by atoms with Crippen molar-refractivity contribution in [1.29, 1.82) is 5.26 Å². The Bertz CT molecular complexity index is 190. The first-order valence-electron chi connectivity index (χ1n) is 2.54. The standard InChI is InChI=1S/C6H6F3N/c1-4(2)5(3-10)6(7,8)9/h1-2H3. The zero-order valence-electron chi connectivity index (χ0n) is 5.58. The summed E-state index contributed by atoms with van der Waals surface area (Å²) in [7, 11) is 0. The van der Waals surface area contributed by atoms with Gasteiger partial charge >= 0.3 is 6.18 Å². The maximum Gasteiger partial charge on any atom is 0.426 e. The fraction of sp³-hybridized carbons (Fsp3) is 0.500. The van der Waals surface area contributed by atoms with Gasteiger partial charge in [0, 0.05) is 0 Å². The number of rotatable bonds is 0. The second kappa shape index (κ2) is 2.74. The van der Waals surface area contributed by atoms with Gasteiger partial charge in [-0.15, -0.1) is 0 Å². The van der Waals surface area contributed by atoms with E-state index in [-0.39, 0.29) is 5.57 Å². The molecule has 0 heterocycles. The van der Waals surface area contributed by atoms with Gasteiger partial charge in [-0.2, -0.15) is 18.4 Å². The first kappa shape index (κ1) is 9.02. The number of hydrogen-bond donors (Lipinski definition) is 0. The third kappa shape index (κ3) is 2.09. The number of alkyl halides is 3. The van der Waals surface area contributed by atoms with Crippen LogP contribution in [0.4, 0.5) is 13.2 Å². The molecular weight excluding hydrogens is 143 g/mol. The van der Waals surface area contributed by atoms with Gasteiger partial charge in [0.2, 0.25) is 0 Å². The van der Waals surface area contributed by atoms with Crippen LogP contribution in [0.5, 0.6) is 0 Å². The highest BCUT2D eigenvalue weighted by molar-refractivity contribution is 5.29. The molecule has 0 unspecified atom stereocenters. The SMILES string of the molecule is CC(C)=C(C#N)C(F)(F)F. The molecule has 0 fully saturated rings. The minimum Gasteiger partial charge on any atom is -0.192 e. The predicted octanol–water partition coefficient (Wildman–Crippen LogP) is 2.41. The Balaban J connectivity index is 4.78. The van der Waals surface area contributed by atoms with Crippen LogP contribution in [-0.4, -0.2) is 6.18 Å². The van der Waals surface area contributed by atoms with Gasteiger partial charge < -0.3 is 0 Å². The molecule has 0 aliphatic carbocycles. The molecule has 0 aliphatic rings. The van der Waals surface area contributed by atoms with E-state index in [9.17, 15) is 13.2 Å². The lowest BCUT2D eigenvalue weighted by atomic mass is 10.2. The summed E-state index contributed by atoms with van der Waals surface area (Å²) >= 11 is 0. The van der Waals surface area contributed by atoms with Gasteiger partial charge in [0.25, 0.3) is 0 Å². The van der Waals surface area contributed by atoms with Crippen molar-refractivity contribution in [2.45, 2.75) is 20.0 Å². The molecule has 0 aromatic carbocycles. The fourth-order valence-corrected chi connectivity index (χ4v) is 0.459. The molecule has 0 bridgehead atoms. The summed E-state index contributed by atoms with van der Waals surface area (Å²) in [6, 6.07) is 1.10. The fourth-order valence-electron chi connectivity index (χ4n) is 0.459. The Morgan fingerprint density at radius 1 is 1.30 bits per heavy atom. The molecule has 56 valence electrons. The van der Waals surface area contributed by atoms with Crippen molar-refractivity contribution in [2.24, 2.45) is 0 Å². The Kier molecular flexibility index (Phi) is 2.47. The summed E-state index contributed by atoms with van der Waals surface area (Å²) in [6.07, 6.45) is -4.49. The summed E-state index contributed by atoms with van der Waals surface area (Å²) in [4.78, 5) is 0. The predicted molar refractivity (Wildman–Crippen MR) is 30.0 cm³/mol. The van der Waals surface area contributed by atoms with E-state index in [0.717, 1.165) is 6.07 Å². The van der Waals surface area contributed by atoms with Crippen molar-refractivity contribution in [1.82, 2.24) is 0 Å². The van der Waals surface area contributed by atoms with Crippen LogP contribution in [0.25, 0.3) is 0 Å². The highest BCUT2D eigenvalue weighted by Crippen LogP contribution is 2.26. The van der Waals surface area contributed by atoms with Crippen LogP contribution in [0.15, 0.2) is 11.1 Å². The summed E-state index contributed by atoms with van der Waals surface area (Å²) in [5.41, 5.74) is -1.11. The lowest BCUT2D eigenvalue weighted by molar-refractivity contribution is -0.0881. The third-order valence-electron chi connectivity index (χ3n) is 0.895. The first-order valence-corrected chi connectivity index (χ1v) is 2.54. The van der Waals surface area contributed by atoms with Crippen LogP contribution < -0.4 is 0 Å². The average molecular weight is 149 g/mol. The van der Waals surface area contributed by atoms with Gasteiger partial charge in [-0.3, -0.25) is 0 Å². The molecule has 0 aliphatic heterocycles. The first-order chi connectivity index (χ1) is 4.39. The minimum atomic E-state index is -4.49. The van der Waals surface area contributed by atoms with Crippen molar-refractivity contribution in [3.05, 3.63) is 11.1 Å². The smallest absolute Gasteiger partial charge is 0.192 e. The Hall–Kier alpha value is -0.980. The second-order valence-corrected chi connectivity index (χ2v) is 1.98. The highest BCUT2D eigenvalue weighted by Gasteiger charge is 2.34. The van der Waals surface area contributed by atoms with E-state index in [1.807, 2.05) is 0 Å². The van der Waals surface area contributed by atoms with Crippen molar-refractivity contribution in [2.75, 3.05) is 0 Å². The number of hydrogen-bond acceptors (Lipinski definition) is 1. The lowest BCUT2D eigenvalue weighted by Crippen LogP contribution is -2.11. The maximum atomic E-state index is 11.7. The summed E-state index contributed by atoms with van der Waals surface area (Å²) in [5, 5.41) is 8.00. The molecule has 0 spiro atoms. The van der Waals surface area contributed by atoms with E-state index in [0.29, 0.717) is 0 Å². The number of nitriles is 1. The minimum absolute atomic E-state index is 0.00463. The maximum absolute atomic E-state index is 11.7. The van der Waals surface area contributed by atoms with Crippen molar-refractivity contribution in [3.8, 4) is 6.07 Å². The van der Waals surface area contributed by atoms with Gasteiger partial charge in [-0.25, -0.2) is 0 Å². The zero-order valence-corrected chi connectivity index (χ0v) is 5.58. The number of halogens is 3. The Morgan fingerprint density at radius 2 is 1.70 bits per heavy atom. The second-order valence-electron chi connectivity index (χ2n) is 1.98. The van der Waals surface area contributed by atoms with Gasteiger partial charge in [0.1, 0.15) is 11.6 Å². The van der Waals surface area contributed by atoms with E-state index in [1.54, 1.807) is 0 Å².